The zero-order chi connectivity index (χ0) is 30.9. The van der Waals surface area contributed by atoms with E-state index >= 15 is 0 Å². The Morgan fingerprint density at radius 1 is 1.14 bits per heavy atom. The number of fused-ring (bicyclic) bond motifs is 1. The SMILES string of the molecule is CCC[C@@H](N[C@H]1CCc2cc(F)cc(F)c2C1)C(=O)Nc1cn(-c2ccccc2CNCC(O)COc2ccccc2)cn1. The number of halogens is 2. The van der Waals surface area contributed by atoms with Gasteiger partial charge >= 0.3 is 0 Å². The van der Waals surface area contributed by atoms with Gasteiger partial charge in [0.2, 0.25) is 5.91 Å². The van der Waals surface area contributed by atoms with E-state index in [9.17, 15) is 18.7 Å². The van der Waals surface area contributed by atoms with Crippen molar-refractivity contribution in [2.75, 3.05) is 18.5 Å². The normalized spacial score (nSPS) is 15.8. The van der Waals surface area contributed by atoms with Gasteiger partial charge in [0.15, 0.2) is 5.82 Å². The number of rotatable bonds is 14. The number of aliphatic hydroxyl groups excluding tert-OH is 1. The molecule has 3 atom stereocenters. The summed E-state index contributed by atoms with van der Waals surface area (Å²) in [7, 11) is 0. The summed E-state index contributed by atoms with van der Waals surface area (Å²) in [5.74, 6) is -0.159. The summed E-state index contributed by atoms with van der Waals surface area (Å²) in [6.07, 6.45) is 5.80. The second-order valence-electron chi connectivity index (χ2n) is 11.2. The molecule has 0 saturated carbocycles. The van der Waals surface area contributed by atoms with Gasteiger partial charge in [0.25, 0.3) is 0 Å². The van der Waals surface area contributed by atoms with Crippen LogP contribution in [0.25, 0.3) is 5.69 Å². The fourth-order valence-corrected chi connectivity index (χ4v) is 5.58. The summed E-state index contributed by atoms with van der Waals surface area (Å²) >= 11 is 0. The predicted molar refractivity (Wildman–Crippen MR) is 166 cm³/mol. The van der Waals surface area contributed by atoms with E-state index in [1.165, 1.54) is 6.07 Å². The molecule has 0 fully saturated rings. The zero-order valence-corrected chi connectivity index (χ0v) is 24.8. The molecule has 1 unspecified atom stereocenters. The second-order valence-corrected chi connectivity index (χ2v) is 11.2. The van der Waals surface area contributed by atoms with E-state index < -0.39 is 23.8 Å². The minimum atomic E-state index is -0.674. The molecule has 8 nitrogen and oxygen atoms in total. The topological polar surface area (TPSA) is 100 Å². The molecule has 44 heavy (non-hydrogen) atoms. The Hall–Kier alpha value is -4.12. The Labute approximate surface area is 256 Å². The van der Waals surface area contributed by atoms with Crippen LogP contribution in [0, 0.1) is 11.6 Å². The van der Waals surface area contributed by atoms with Gasteiger partial charge in [-0.3, -0.25) is 4.79 Å². The molecule has 10 heteroatoms. The van der Waals surface area contributed by atoms with E-state index in [4.69, 9.17) is 4.74 Å². The maximum Gasteiger partial charge on any atom is 0.242 e. The maximum absolute atomic E-state index is 14.4. The molecule has 1 amide bonds. The van der Waals surface area contributed by atoms with Crippen LogP contribution in [0.5, 0.6) is 5.75 Å². The lowest BCUT2D eigenvalue weighted by atomic mass is 9.87. The first-order valence-electron chi connectivity index (χ1n) is 15.1. The third-order valence-electron chi connectivity index (χ3n) is 7.78. The number of aromatic nitrogens is 2. The average Bonchev–Trinajstić information content (AvgIpc) is 3.49. The lowest BCUT2D eigenvalue weighted by molar-refractivity contribution is -0.118. The minimum absolute atomic E-state index is 0.0925. The molecule has 0 spiro atoms. The largest absolute Gasteiger partial charge is 0.491 e. The number of carbonyl (C=O) groups is 1. The first kappa shape index (κ1) is 31.3. The summed E-state index contributed by atoms with van der Waals surface area (Å²) in [5, 5.41) is 20.0. The number of nitrogens with one attached hydrogen (secondary N) is 3. The van der Waals surface area contributed by atoms with Crippen molar-refractivity contribution >= 4 is 11.7 Å². The number of hydrogen-bond acceptors (Lipinski definition) is 6. The zero-order valence-electron chi connectivity index (χ0n) is 24.8. The number of hydrogen-bond donors (Lipinski definition) is 4. The molecule has 0 radical (unpaired) electrons. The number of para-hydroxylation sites is 2. The molecule has 1 aliphatic carbocycles. The molecule has 0 saturated heterocycles. The first-order chi connectivity index (χ1) is 21.4. The fraction of sp³-hybridized carbons (Fsp3) is 0.353. The highest BCUT2D eigenvalue weighted by atomic mass is 19.1. The number of imidazole rings is 1. The van der Waals surface area contributed by atoms with Crippen molar-refractivity contribution in [2.24, 2.45) is 0 Å². The van der Waals surface area contributed by atoms with E-state index in [0.717, 1.165) is 23.7 Å². The monoisotopic (exact) mass is 603 g/mol. The molecule has 1 heterocycles. The molecule has 232 valence electrons. The Kier molecular flexibility index (Phi) is 10.7. The minimum Gasteiger partial charge on any atom is -0.491 e. The third kappa shape index (κ3) is 8.28. The van der Waals surface area contributed by atoms with E-state index in [1.807, 2.05) is 66.1 Å². The van der Waals surface area contributed by atoms with E-state index in [0.29, 0.717) is 61.5 Å². The number of carbonyl (C=O) groups excluding carboxylic acids is 1. The summed E-state index contributed by atoms with van der Waals surface area (Å²) in [6, 6.07) is 19.0. The van der Waals surface area contributed by atoms with Crippen molar-refractivity contribution in [1.29, 1.82) is 0 Å². The van der Waals surface area contributed by atoms with Crippen LogP contribution in [0.1, 0.15) is 42.9 Å². The van der Waals surface area contributed by atoms with Gasteiger partial charge in [0.05, 0.1) is 17.9 Å². The number of benzene rings is 3. The van der Waals surface area contributed by atoms with Crippen molar-refractivity contribution in [3.8, 4) is 11.4 Å². The van der Waals surface area contributed by atoms with Gasteiger partial charge < -0.3 is 30.4 Å². The smallest absolute Gasteiger partial charge is 0.242 e. The van der Waals surface area contributed by atoms with E-state index in [2.05, 4.69) is 20.9 Å². The number of amides is 1. The van der Waals surface area contributed by atoms with Crippen LogP contribution < -0.4 is 20.7 Å². The molecule has 0 bridgehead atoms. The third-order valence-corrected chi connectivity index (χ3v) is 7.78. The van der Waals surface area contributed by atoms with Crippen LogP contribution in [0.15, 0.2) is 79.3 Å². The highest BCUT2D eigenvalue weighted by Gasteiger charge is 2.27. The molecular formula is C34H39F2N5O3. The van der Waals surface area contributed by atoms with Gasteiger partial charge in [-0.15, -0.1) is 0 Å². The van der Waals surface area contributed by atoms with Gasteiger partial charge in [-0.05, 0) is 66.6 Å². The summed E-state index contributed by atoms with van der Waals surface area (Å²) in [6.45, 7) is 3.06. The maximum atomic E-state index is 14.4. The first-order valence-corrected chi connectivity index (χ1v) is 15.1. The van der Waals surface area contributed by atoms with Crippen molar-refractivity contribution in [3.05, 3.63) is 108 Å². The number of anilines is 1. The van der Waals surface area contributed by atoms with Crippen LogP contribution in [-0.2, 0) is 24.2 Å². The molecule has 4 N–H and O–H groups in total. The average molecular weight is 604 g/mol. The lowest BCUT2D eigenvalue weighted by Crippen LogP contribution is -2.48. The Balaban J connectivity index is 1.16. The van der Waals surface area contributed by atoms with Crippen LogP contribution in [0.2, 0.25) is 0 Å². The van der Waals surface area contributed by atoms with Crippen LogP contribution in [0.3, 0.4) is 0 Å². The van der Waals surface area contributed by atoms with Gasteiger partial charge in [0.1, 0.15) is 36.4 Å². The van der Waals surface area contributed by atoms with Crippen molar-refractivity contribution in [3.63, 3.8) is 0 Å². The molecule has 3 aromatic carbocycles. The van der Waals surface area contributed by atoms with Crippen LogP contribution in [0.4, 0.5) is 14.6 Å². The predicted octanol–water partition coefficient (Wildman–Crippen LogP) is 4.93. The molecule has 0 aliphatic heterocycles. The highest BCUT2D eigenvalue weighted by Crippen LogP contribution is 2.26. The Morgan fingerprint density at radius 3 is 2.75 bits per heavy atom. The lowest BCUT2D eigenvalue weighted by Gasteiger charge is -2.29. The van der Waals surface area contributed by atoms with Crippen LogP contribution >= 0.6 is 0 Å². The molecule has 5 rings (SSSR count). The summed E-state index contributed by atoms with van der Waals surface area (Å²) in [5.41, 5.74) is 3.11. The fourth-order valence-electron chi connectivity index (χ4n) is 5.58. The van der Waals surface area contributed by atoms with Gasteiger partial charge in [-0.1, -0.05) is 49.7 Å². The highest BCUT2D eigenvalue weighted by molar-refractivity contribution is 5.94. The van der Waals surface area contributed by atoms with Crippen molar-refractivity contribution in [1.82, 2.24) is 20.2 Å². The molecule has 4 aromatic rings. The Bertz CT molecular complexity index is 1530. The van der Waals surface area contributed by atoms with Gasteiger partial charge in [-0.2, -0.15) is 0 Å². The summed E-state index contributed by atoms with van der Waals surface area (Å²) in [4.78, 5) is 17.7. The van der Waals surface area contributed by atoms with Crippen molar-refractivity contribution in [2.45, 2.75) is 63.8 Å². The Morgan fingerprint density at radius 2 is 1.93 bits per heavy atom. The molecule has 1 aliphatic rings. The number of aliphatic hydroxyl groups is 1. The summed E-state index contributed by atoms with van der Waals surface area (Å²) < 4.78 is 35.5. The standard InChI is InChI=1S/C34H39F2N5O3/c1-2-8-31(39-26-14-13-23-15-25(35)16-30(36)29(23)17-26)34(43)40-33-20-41(22-38-33)32-12-7-6-9-24(32)18-37-19-27(42)21-44-28-10-4-3-5-11-28/h3-7,9-12,15-16,20,22,26-27,31,37,39,42H,2,8,13-14,17-19,21H2,1H3,(H,40,43)/t26-,27?,31+/m0/s1. The van der Waals surface area contributed by atoms with Crippen LogP contribution in [-0.4, -0.2) is 51.9 Å². The van der Waals surface area contributed by atoms with E-state index in [-0.39, 0.29) is 18.6 Å². The van der Waals surface area contributed by atoms with Crippen molar-refractivity contribution < 1.29 is 23.4 Å². The van der Waals surface area contributed by atoms with Gasteiger partial charge in [-0.25, -0.2) is 13.8 Å². The van der Waals surface area contributed by atoms with E-state index in [1.54, 1.807) is 12.5 Å². The molecule has 1 aromatic heterocycles. The van der Waals surface area contributed by atoms with Gasteiger partial charge in [0, 0.05) is 25.2 Å². The number of aryl methyl sites for hydroxylation is 1. The molecular weight excluding hydrogens is 564 g/mol. The number of nitrogens with zero attached hydrogens (tertiary/aromatic N) is 2. The number of ether oxygens (including phenoxy) is 1. The second kappa shape index (κ2) is 15.1. The quantitative estimate of drug-likeness (QED) is 0.163.